The SMILES string of the molecule is CCCCCCCC/C=C\CCCCCCCCc1ccccc1C(=O)c1ccccc1. The van der Waals surface area contributed by atoms with E-state index in [1.54, 1.807) is 0 Å². The highest BCUT2D eigenvalue weighted by molar-refractivity contribution is 6.09. The van der Waals surface area contributed by atoms with Gasteiger partial charge in [0.1, 0.15) is 0 Å². The van der Waals surface area contributed by atoms with E-state index in [0.717, 1.165) is 24.0 Å². The summed E-state index contributed by atoms with van der Waals surface area (Å²) in [6.45, 7) is 2.28. The van der Waals surface area contributed by atoms with Crippen molar-refractivity contribution in [2.24, 2.45) is 0 Å². The molecule has 0 aliphatic carbocycles. The van der Waals surface area contributed by atoms with Crippen LogP contribution in [0.3, 0.4) is 0 Å². The first-order chi connectivity index (χ1) is 15.8. The number of carbonyl (C=O) groups excluding carboxylic acids is 1. The van der Waals surface area contributed by atoms with Gasteiger partial charge in [-0.3, -0.25) is 4.79 Å². The first kappa shape index (κ1) is 26.1. The fourth-order valence-electron chi connectivity index (χ4n) is 4.27. The van der Waals surface area contributed by atoms with Gasteiger partial charge in [-0.2, -0.15) is 0 Å². The molecule has 0 amide bonds. The van der Waals surface area contributed by atoms with Gasteiger partial charge in [0.15, 0.2) is 5.78 Å². The molecule has 0 radical (unpaired) electrons. The number of hydrogen-bond donors (Lipinski definition) is 0. The first-order valence-electron chi connectivity index (χ1n) is 13.2. The number of aryl methyl sites for hydroxylation is 1. The van der Waals surface area contributed by atoms with E-state index in [0.29, 0.717) is 0 Å². The minimum absolute atomic E-state index is 0.144. The van der Waals surface area contributed by atoms with Crippen LogP contribution in [-0.2, 0) is 6.42 Å². The second kappa shape index (κ2) is 17.4. The first-order valence-corrected chi connectivity index (χ1v) is 13.2. The molecule has 0 aromatic heterocycles. The Kier molecular flexibility index (Phi) is 14.2. The molecule has 0 spiro atoms. The summed E-state index contributed by atoms with van der Waals surface area (Å²) in [5, 5.41) is 0. The summed E-state index contributed by atoms with van der Waals surface area (Å²) in [4.78, 5) is 12.8. The van der Waals surface area contributed by atoms with E-state index in [1.807, 2.05) is 42.5 Å². The van der Waals surface area contributed by atoms with Crippen LogP contribution in [0.25, 0.3) is 0 Å². The summed E-state index contributed by atoms with van der Waals surface area (Å²) in [6.07, 6.45) is 24.3. The zero-order valence-electron chi connectivity index (χ0n) is 20.4. The molecule has 0 bridgehead atoms. The Labute approximate surface area is 197 Å². The van der Waals surface area contributed by atoms with E-state index < -0.39 is 0 Å². The number of hydrogen-bond acceptors (Lipinski definition) is 1. The van der Waals surface area contributed by atoms with Crippen LogP contribution in [0.15, 0.2) is 66.7 Å². The Bertz CT molecular complexity index is 759. The molecule has 2 aromatic rings. The molecule has 0 N–H and O–H groups in total. The Morgan fingerprint density at radius 1 is 0.625 bits per heavy atom. The van der Waals surface area contributed by atoms with E-state index in [1.165, 1.54) is 89.0 Å². The lowest BCUT2D eigenvalue weighted by Crippen LogP contribution is -2.05. The van der Waals surface area contributed by atoms with Gasteiger partial charge in [-0.25, -0.2) is 0 Å². The van der Waals surface area contributed by atoms with Crippen LogP contribution in [0.5, 0.6) is 0 Å². The number of carbonyl (C=O) groups is 1. The van der Waals surface area contributed by atoms with E-state index in [2.05, 4.69) is 31.2 Å². The molecule has 1 nitrogen and oxygen atoms in total. The lowest BCUT2D eigenvalue weighted by molar-refractivity contribution is 0.103. The van der Waals surface area contributed by atoms with E-state index in [4.69, 9.17) is 0 Å². The third kappa shape index (κ3) is 10.9. The molecule has 0 aliphatic heterocycles. The van der Waals surface area contributed by atoms with Crippen molar-refractivity contribution in [3.05, 3.63) is 83.4 Å². The van der Waals surface area contributed by atoms with Gasteiger partial charge < -0.3 is 0 Å². The van der Waals surface area contributed by atoms with Crippen molar-refractivity contribution in [3.63, 3.8) is 0 Å². The Balaban J connectivity index is 1.51. The summed E-state index contributed by atoms with van der Waals surface area (Å²) in [5.41, 5.74) is 2.84. The highest BCUT2D eigenvalue weighted by Crippen LogP contribution is 2.18. The predicted molar refractivity (Wildman–Crippen MR) is 139 cm³/mol. The van der Waals surface area contributed by atoms with Crippen LogP contribution in [-0.4, -0.2) is 5.78 Å². The number of allylic oxidation sites excluding steroid dienone is 2. The van der Waals surface area contributed by atoms with Crippen molar-refractivity contribution in [1.29, 1.82) is 0 Å². The Morgan fingerprint density at radius 2 is 1.16 bits per heavy atom. The molecular weight excluding hydrogens is 388 g/mol. The van der Waals surface area contributed by atoms with Crippen LogP contribution in [0.2, 0.25) is 0 Å². The van der Waals surface area contributed by atoms with Crippen LogP contribution < -0.4 is 0 Å². The van der Waals surface area contributed by atoms with Gasteiger partial charge in [0, 0.05) is 11.1 Å². The zero-order valence-corrected chi connectivity index (χ0v) is 20.4. The molecule has 2 aromatic carbocycles. The lowest BCUT2D eigenvalue weighted by Gasteiger charge is -2.09. The number of unbranched alkanes of at least 4 members (excludes halogenated alkanes) is 12. The quantitative estimate of drug-likeness (QED) is 0.130. The van der Waals surface area contributed by atoms with Crippen molar-refractivity contribution >= 4 is 5.78 Å². The van der Waals surface area contributed by atoms with Gasteiger partial charge in [-0.1, -0.05) is 131 Å². The van der Waals surface area contributed by atoms with Crippen molar-refractivity contribution in [3.8, 4) is 0 Å². The zero-order chi connectivity index (χ0) is 22.7. The van der Waals surface area contributed by atoms with Crippen LogP contribution in [0.1, 0.15) is 118 Å². The minimum atomic E-state index is 0.144. The van der Waals surface area contributed by atoms with Crippen LogP contribution >= 0.6 is 0 Å². The predicted octanol–water partition coefficient (Wildman–Crippen LogP) is 9.50. The van der Waals surface area contributed by atoms with Gasteiger partial charge in [-0.05, 0) is 44.1 Å². The second-order valence-corrected chi connectivity index (χ2v) is 9.04. The molecule has 0 aliphatic rings. The average Bonchev–Trinajstić information content (AvgIpc) is 2.84. The normalized spacial score (nSPS) is 11.3. The molecule has 0 unspecified atom stereocenters. The van der Waals surface area contributed by atoms with Crippen molar-refractivity contribution in [2.75, 3.05) is 0 Å². The van der Waals surface area contributed by atoms with Gasteiger partial charge in [0.25, 0.3) is 0 Å². The molecule has 1 heteroatoms. The third-order valence-electron chi connectivity index (χ3n) is 6.26. The maximum absolute atomic E-state index is 12.8. The third-order valence-corrected chi connectivity index (χ3v) is 6.26. The maximum atomic E-state index is 12.8. The van der Waals surface area contributed by atoms with Gasteiger partial charge in [0.05, 0.1) is 0 Å². The summed E-state index contributed by atoms with van der Waals surface area (Å²) in [6, 6.07) is 17.8. The Hall–Kier alpha value is -2.15. The molecule has 0 heterocycles. The highest BCUT2D eigenvalue weighted by Gasteiger charge is 2.12. The fraction of sp³-hybridized carbons (Fsp3) is 0.516. The average molecular weight is 433 g/mol. The molecule has 32 heavy (non-hydrogen) atoms. The molecule has 0 saturated carbocycles. The van der Waals surface area contributed by atoms with Gasteiger partial charge >= 0.3 is 0 Å². The number of benzene rings is 2. The van der Waals surface area contributed by atoms with Gasteiger partial charge in [0.2, 0.25) is 0 Å². The molecular formula is C31H44O. The largest absolute Gasteiger partial charge is 0.289 e. The van der Waals surface area contributed by atoms with E-state index in [9.17, 15) is 4.79 Å². The number of ketones is 1. The molecule has 0 atom stereocenters. The summed E-state index contributed by atoms with van der Waals surface area (Å²) in [5.74, 6) is 0.144. The summed E-state index contributed by atoms with van der Waals surface area (Å²) in [7, 11) is 0. The lowest BCUT2D eigenvalue weighted by atomic mass is 9.95. The van der Waals surface area contributed by atoms with Crippen molar-refractivity contribution in [1.82, 2.24) is 0 Å². The fourth-order valence-corrected chi connectivity index (χ4v) is 4.27. The topological polar surface area (TPSA) is 17.1 Å². The number of rotatable bonds is 18. The molecule has 0 saturated heterocycles. The van der Waals surface area contributed by atoms with Crippen LogP contribution in [0, 0.1) is 0 Å². The molecule has 2 rings (SSSR count). The second-order valence-electron chi connectivity index (χ2n) is 9.04. The van der Waals surface area contributed by atoms with E-state index >= 15 is 0 Å². The maximum Gasteiger partial charge on any atom is 0.193 e. The summed E-state index contributed by atoms with van der Waals surface area (Å²) < 4.78 is 0. The van der Waals surface area contributed by atoms with Crippen molar-refractivity contribution in [2.45, 2.75) is 103 Å². The standard InChI is InChI=1S/C31H44O/c1-2-3-4-5-6-7-8-9-10-11-12-13-14-15-16-18-23-28-24-21-22-27-30(28)31(32)29-25-19-17-20-26-29/h9-10,17,19-22,24-27H,2-8,11-16,18,23H2,1H3/b10-9-. The van der Waals surface area contributed by atoms with E-state index in [-0.39, 0.29) is 5.78 Å². The minimum Gasteiger partial charge on any atom is -0.289 e. The smallest absolute Gasteiger partial charge is 0.193 e. The molecule has 0 fully saturated rings. The molecule has 174 valence electrons. The van der Waals surface area contributed by atoms with Crippen LogP contribution in [0.4, 0.5) is 0 Å². The van der Waals surface area contributed by atoms with Gasteiger partial charge in [-0.15, -0.1) is 0 Å². The Morgan fingerprint density at radius 3 is 1.81 bits per heavy atom. The monoisotopic (exact) mass is 432 g/mol. The highest BCUT2D eigenvalue weighted by atomic mass is 16.1. The summed E-state index contributed by atoms with van der Waals surface area (Å²) >= 11 is 0. The van der Waals surface area contributed by atoms with Crippen molar-refractivity contribution < 1.29 is 4.79 Å².